The number of rotatable bonds is 4. The largest absolute Gasteiger partial charge is 0.372 e. The SMILES string of the molecule is O=S(=O)(Cc1ccccc1)N1CCc2cc(N3CCCC3)ccc21. The zero-order chi connectivity index (χ0) is 16.6. The molecule has 0 atom stereocenters. The molecule has 0 amide bonds. The van der Waals surface area contributed by atoms with Gasteiger partial charge >= 0.3 is 0 Å². The van der Waals surface area contributed by atoms with Crippen LogP contribution < -0.4 is 9.21 Å². The van der Waals surface area contributed by atoms with Crippen molar-refractivity contribution in [3.05, 3.63) is 59.7 Å². The number of fused-ring (bicyclic) bond motifs is 1. The number of benzene rings is 2. The lowest BCUT2D eigenvalue weighted by molar-refractivity contribution is 0.591. The van der Waals surface area contributed by atoms with Crippen molar-refractivity contribution in [1.82, 2.24) is 0 Å². The van der Waals surface area contributed by atoms with Gasteiger partial charge < -0.3 is 4.90 Å². The standard InChI is InChI=1S/C19H22N2O2S/c22-24(23,15-16-6-2-1-3-7-16)21-13-10-17-14-18(8-9-19(17)21)20-11-4-5-12-20/h1-3,6-9,14H,4-5,10-13,15H2. The monoisotopic (exact) mass is 342 g/mol. The zero-order valence-corrected chi connectivity index (χ0v) is 14.5. The topological polar surface area (TPSA) is 40.6 Å². The van der Waals surface area contributed by atoms with E-state index in [1.807, 2.05) is 36.4 Å². The molecule has 24 heavy (non-hydrogen) atoms. The van der Waals surface area contributed by atoms with E-state index in [1.165, 1.54) is 18.5 Å². The molecule has 2 aliphatic rings. The lowest BCUT2D eigenvalue weighted by Gasteiger charge is -2.21. The first-order valence-electron chi connectivity index (χ1n) is 8.56. The summed E-state index contributed by atoms with van der Waals surface area (Å²) in [4.78, 5) is 2.39. The molecular weight excluding hydrogens is 320 g/mol. The molecule has 0 radical (unpaired) electrons. The molecular formula is C19H22N2O2S. The van der Waals surface area contributed by atoms with Gasteiger partial charge in [0.15, 0.2) is 0 Å². The van der Waals surface area contributed by atoms with Crippen LogP contribution in [0.5, 0.6) is 0 Å². The molecule has 0 unspecified atom stereocenters. The van der Waals surface area contributed by atoms with E-state index in [4.69, 9.17) is 0 Å². The Hall–Kier alpha value is -2.01. The third-order valence-electron chi connectivity index (χ3n) is 4.91. The van der Waals surface area contributed by atoms with Crippen LogP contribution in [0, 0.1) is 0 Å². The van der Waals surface area contributed by atoms with E-state index >= 15 is 0 Å². The summed E-state index contributed by atoms with van der Waals surface area (Å²) >= 11 is 0. The molecule has 2 aromatic carbocycles. The van der Waals surface area contributed by atoms with Crippen LogP contribution in [0.3, 0.4) is 0 Å². The molecule has 0 spiro atoms. The highest BCUT2D eigenvalue weighted by atomic mass is 32.2. The second-order valence-corrected chi connectivity index (χ2v) is 8.46. The fourth-order valence-corrected chi connectivity index (χ4v) is 5.30. The molecule has 4 nitrogen and oxygen atoms in total. The van der Waals surface area contributed by atoms with E-state index in [-0.39, 0.29) is 5.75 Å². The first kappa shape index (κ1) is 15.5. The highest BCUT2D eigenvalue weighted by Gasteiger charge is 2.30. The molecule has 0 saturated carbocycles. The van der Waals surface area contributed by atoms with Gasteiger partial charge in [0, 0.05) is 25.3 Å². The first-order chi connectivity index (χ1) is 11.6. The predicted molar refractivity (Wildman–Crippen MR) is 98.0 cm³/mol. The lowest BCUT2D eigenvalue weighted by Crippen LogP contribution is -2.30. The van der Waals surface area contributed by atoms with Gasteiger partial charge in [0.1, 0.15) is 0 Å². The van der Waals surface area contributed by atoms with Crippen LogP contribution in [0.4, 0.5) is 11.4 Å². The third kappa shape index (κ3) is 2.88. The van der Waals surface area contributed by atoms with Gasteiger partial charge in [0.05, 0.1) is 11.4 Å². The highest BCUT2D eigenvalue weighted by molar-refractivity contribution is 7.92. The van der Waals surface area contributed by atoms with E-state index < -0.39 is 10.0 Å². The van der Waals surface area contributed by atoms with Crippen LogP contribution >= 0.6 is 0 Å². The van der Waals surface area contributed by atoms with Crippen LogP contribution in [0.2, 0.25) is 0 Å². The Morgan fingerprint density at radius 3 is 2.42 bits per heavy atom. The Balaban J connectivity index is 1.59. The van der Waals surface area contributed by atoms with Gasteiger partial charge in [-0.2, -0.15) is 0 Å². The first-order valence-corrected chi connectivity index (χ1v) is 10.2. The van der Waals surface area contributed by atoms with E-state index in [1.54, 1.807) is 4.31 Å². The van der Waals surface area contributed by atoms with Gasteiger partial charge in [-0.05, 0) is 48.6 Å². The van der Waals surface area contributed by atoms with Crippen molar-refractivity contribution in [3.8, 4) is 0 Å². The van der Waals surface area contributed by atoms with Gasteiger partial charge in [-0.25, -0.2) is 8.42 Å². The normalized spacial score (nSPS) is 17.3. The van der Waals surface area contributed by atoms with Gasteiger partial charge in [-0.15, -0.1) is 0 Å². The minimum absolute atomic E-state index is 0.0567. The summed E-state index contributed by atoms with van der Waals surface area (Å²) in [6, 6.07) is 15.6. The second-order valence-electron chi connectivity index (χ2n) is 6.57. The van der Waals surface area contributed by atoms with Crippen molar-refractivity contribution in [1.29, 1.82) is 0 Å². The van der Waals surface area contributed by atoms with Crippen molar-refractivity contribution in [2.24, 2.45) is 0 Å². The van der Waals surface area contributed by atoms with Crippen molar-refractivity contribution in [2.45, 2.75) is 25.0 Å². The molecule has 1 saturated heterocycles. The maximum atomic E-state index is 12.8. The second kappa shape index (κ2) is 6.13. The fraction of sp³-hybridized carbons (Fsp3) is 0.368. The molecule has 126 valence electrons. The minimum Gasteiger partial charge on any atom is -0.372 e. The number of hydrogen-bond donors (Lipinski definition) is 0. The highest BCUT2D eigenvalue weighted by Crippen LogP contribution is 2.35. The average Bonchev–Trinajstić information content (AvgIpc) is 3.24. The lowest BCUT2D eigenvalue weighted by atomic mass is 10.1. The average molecular weight is 342 g/mol. The Bertz CT molecular complexity index is 828. The van der Waals surface area contributed by atoms with Crippen LogP contribution in [0.25, 0.3) is 0 Å². The maximum absolute atomic E-state index is 12.8. The molecule has 0 aromatic heterocycles. The number of hydrogen-bond acceptors (Lipinski definition) is 3. The van der Waals surface area contributed by atoms with Gasteiger partial charge in [0.25, 0.3) is 0 Å². The fourth-order valence-electron chi connectivity index (χ4n) is 3.68. The van der Waals surface area contributed by atoms with Crippen LogP contribution in [0.15, 0.2) is 48.5 Å². The molecule has 2 heterocycles. The van der Waals surface area contributed by atoms with Crippen molar-refractivity contribution < 1.29 is 8.42 Å². The third-order valence-corrected chi connectivity index (χ3v) is 6.66. The van der Waals surface area contributed by atoms with E-state index in [0.29, 0.717) is 6.54 Å². The Morgan fingerprint density at radius 2 is 1.67 bits per heavy atom. The molecule has 1 fully saturated rings. The molecule has 0 bridgehead atoms. The summed E-state index contributed by atoms with van der Waals surface area (Å²) in [6.07, 6.45) is 3.29. The summed E-state index contributed by atoms with van der Waals surface area (Å²) in [5, 5.41) is 0. The van der Waals surface area contributed by atoms with Crippen LogP contribution in [-0.4, -0.2) is 28.1 Å². The quantitative estimate of drug-likeness (QED) is 0.857. The molecule has 4 rings (SSSR count). The maximum Gasteiger partial charge on any atom is 0.239 e. The molecule has 5 heteroatoms. The summed E-state index contributed by atoms with van der Waals surface area (Å²) in [5.74, 6) is 0.0567. The number of nitrogens with zero attached hydrogens (tertiary/aromatic N) is 2. The smallest absolute Gasteiger partial charge is 0.239 e. The summed E-state index contributed by atoms with van der Waals surface area (Å²) in [5.41, 5.74) is 4.07. The van der Waals surface area contributed by atoms with Crippen molar-refractivity contribution >= 4 is 21.4 Å². The molecule has 2 aromatic rings. The Kier molecular flexibility index (Phi) is 3.96. The summed E-state index contributed by atoms with van der Waals surface area (Å²) < 4.78 is 27.2. The van der Waals surface area contributed by atoms with E-state index in [9.17, 15) is 8.42 Å². The van der Waals surface area contributed by atoms with Gasteiger partial charge in [-0.1, -0.05) is 30.3 Å². The minimum atomic E-state index is -3.34. The van der Waals surface area contributed by atoms with E-state index in [0.717, 1.165) is 36.3 Å². The summed E-state index contributed by atoms with van der Waals surface area (Å²) in [6.45, 7) is 2.76. The summed E-state index contributed by atoms with van der Waals surface area (Å²) in [7, 11) is -3.34. The predicted octanol–water partition coefficient (Wildman–Crippen LogP) is 3.18. The molecule has 0 N–H and O–H groups in total. The molecule has 0 aliphatic carbocycles. The Morgan fingerprint density at radius 1 is 0.917 bits per heavy atom. The number of sulfonamides is 1. The van der Waals surface area contributed by atoms with Crippen molar-refractivity contribution in [2.75, 3.05) is 28.8 Å². The molecule has 2 aliphatic heterocycles. The van der Waals surface area contributed by atoms with Crippen LogP contribution in [-0.2, 0) is 22.2 Å². The van der Waals surface area contributed by atoms with Gasteiger partial charge in [0.2, 0.25) is 10.0 Å². The van der Waals surface area contributed by atoms with E-state index in [2.05, 4.69) is 17.0 Å². The van der Waals surface area contributed by atoms with Crippen molar-refractivity contribution in [3.63, 3.8) is 0 Å². The van der Waals surface area contributed by atoms with Crippen LogP contribution in [0.1, 0.15) is 24.0 Å². The zero-order valence-electron chi connectivity index (χ0n) is 13.7. The van der Waals surface area contributed by atoms with Gasteiger partial charge in [-0.3, -0.25) is 4.31 Å². The Labute approximate surface area is 143 Å². The number of anilines is 2.